The Morgan fingerprint density at radius 1 is 1.33 bits per heavy atom. The fraction of sp³-hybridized carbons (Fsp3) is 0.667. The molecule has 0 amide bonds. The summed E-state index contributed by atoms with van der Waals surface area (Å²) in [7, 11) is -2.44. The second-order valence-corrected chi connectivity index (χ2v) is 6.47. The number of hydrogen-bond acceptors (Lipinski definition) is 3. The van der Waals surface area contributed by atoms with E-state index in [1.165, 1.54) is 19.2 Å². The SMILES string of the molecule is CCN(CC(F)(F)F)S(=O)(=O)c1cc(CNC)n(CC)c1. The quantitative estimate of drug-likeness (QED) is 0.831. The largest absolute Gasteiger partial charge is 0.402 e. The zero-order valence-corrected chi connectivity index (χ0v) is 13.1. The van der Waals surface area contributed by atoms with Crippen LogP contribution in [-0.2, 0) is 23.1 Å². The first-order valence-electron chi connectivity index (χ1n) is 6.56. The Bertz CT molecular complexity index is 567. The number of alkyl halides is 3. The summed E-state index contributed by atoms with van der Waals surface area (Å²) in [4.78, 5) is -0.110. The third kappa shape index (κ3) is 4.45. The number of hydrogen-bond donors (Lipinski definition) is 1. The van der Waals surface area contributed by atoms with E-state index in [1.54, 1.807) is 11.6 Å². The molecule has 1 aromatic rings. The molecule has 1 heterocycles. The molecule has 0 saturated heterocycles. The minimum atomic E-state index is -4.57. The number of nitrogens with zero attached hydrogens (tertiary/aromatic N) is 2. The van der Waals surface area contributed by atoms with Crippen LogP contribution in [0.25, 0.3) is 0 Å². The van der Waals surface area contributed by atoms with Crippen LogP contribution in [0.1, 0.15) is 19.5 Å². The van der Waals surface area contributed by atoms with Crippen molar-refractivity contribution < 1.29 is 21.6 Å². The zero-order chi connectivity index (χ0) is 16.3. The maximum Gasteiger partial charge on any atom is 0.402 e. The Morgan fingerprint density at radius 2 is 1.95 bits per heavy atom. The van der Waals surface area contributed by atoms with Crippen LogP contribution in [0.3, 0.4) is 0 Å². The molecule has 0 fully saturated rings. The number of aromatic nitrogens is 1. The summed E-state index contributed by atoms with van der Waals surface area (Å²) in [5.41, 5.74) is 0.710. The van der Waals surface area contributed by atoms with Gasteiger partial charge in [-0.3, -0.25) is 0 Å². The summed E-state index contributed by atoms with van der Waals surface area (Å²) < 4.78 is 64.2. The van der Waals surface area contributed by atoms with Gasteiger partial charge in [-0.05, 0) is 20.0 Å². The van der Waals surface area contributed by atoms with E-state index in [9.17, 15) is 21.6 Å². The van der Waals surface area contributed by atoms with Crippen molar-refractivity contribution in [3.8, 4) is 0 Å². The average Bonchev–Trinajstić information content (AvgIpc) is 2.79. The van der Waals surface area contributed by atoms with Gasteiger partial charge in [0.1, 0.15) is 11.4 Å². The second-order valence-electron chi connectivity index (χ2n) is 4.53. The highest BCUT2D eigenvalue weighted by atomic mass is 32.2. The van der Waals surface area contributed by atoms with Gasteiger partial charge >= 0.3 is 6.18 Å². The summed E-state index contributed by atoms with van der Waals surface area (Å²) in [6, 6.07) is 1.41. The summed E-state index contributed by atoms with van der Waals surface area (Å²) >= 11 is 0. The van der Waals surface area contributed by atoms with Crippen molar-refractivity contribution in [3.63, 3.8) is 0 Å². The van der Waals surface area contributed by atoms with Crippen LogP contribution >= 0.6 is 0 Å². The Kier molecular flexibility index (Phi) is 5.83. The molecule has 0 radical (unpaired) electrons. The lowest BCUT2D eigenvalue weighted by Crippen LogP contribution is -2.38. The van der Waals surface area contributed by atoms with Gasteiger partial charge in [-0.15, -0.1) is 0 Å². The predicted octanol–water partition coefficient (Wildman–Crippen LogP) is 1.80. The van der Waals surface area contributed by atoms with Crippen molar-refractivity contribution in [2.75, 3.05) is 20.1 Å². The highest BCUT2D eigenvalue weighted by Crippen LogP contribution is 2.24. The van der Waals surface area contributed by atoms with Crippen LogP contribution in [0.2, 0.25) is 0 Å². The zero-order valence-electron chi connectivity index (χ0n) is 12.2. The number of aryl methyl sites for hydroxylation is 1. The van der Waals surface area contributed by atoms with Gasteiger partial charge < -0.3 is 9.88 Å². The molecule has 5 nitrogen and oxygen atoms in total. The summed E-state index contributed by atoms with van der Waals surface area (Å²) in [5.74, 6) is 0. The van der Waals surface area contributed by atoms with Gasteiger partial charge in [-0.25, -0.2) is 8.42 Å². The second kappa shape index (κ2) is 6.80. The maximum absolute atomic E-state index is 12.5. The van der Waals surface area contributed by atoms with E-state index in [1.807, 2.05) is 6.92 Å². The molecule has 0 atom stereocenters. The number of sulfonamides is 1. The Balaban J connectivity index is 3.16. The van der Waals surface area contributed by atoms with Gasteiger partial charge in [-0.1, -0.05) is 6.92 Å². The van der Waals surface area contributed by atoms with Crippen molar-refractivity contribution in [1.29, 1.82) is 0 Å². The number of halogens is 3. The molecule has 0 spiro atoms. The summed E-state index contributed by atoms with van der Waals surface area (Å²) in [6.45, 7) is 2.48. The van der Waals surface area contributed by atoms with E-state index in [-0.39, 0.29) is 11.4 Å². The first-order valence-corrected chi connectivity index (χ1v) is 8.00. The van der Waals surface area contributed by atoms with E-state index in [4.69, 9.17) is 0 Å². The van der Waals surface area contributed by atoms with Crippen molar-refractivity contribution >= 4 is 10.0 Å². The minimum absolute atomic E-state index is 0.110. The lowest BCUT2D eigenvalue weighted by atomic mass is 10.4. The molecule has 1 rings (SSSR count). The van der Waals surface area contributed by atoms with Crippen LogP contribution in [0.4, 0.5) is 13.2 Å². The molecule has 0 aliphatic rings. The van der Waals surface area contributed by atoms with E-state index < -0.39 is 22.7 Å². The van der Waals surface area contributed by atoms with Crippen LogP contribution in [0, 0.1) is 0 Å². The molecule has 122 valence electrons. The number of rotatable bonds is 7. The predicted molar refractivity (Wildman–Crippen MR) is 73.4 cm³/mol. The van der Waals surface area contributed by atoms with Crippen LogP contribution in [0.15, 0.2) is 17.2 Å². The first kappa shape index (κ1) is 18.0. The summed E-state index contributed by atoms with van der Waals surface area (Å²) in [6.07, 6.45) is -3.19. The van der Waals surface area contributed by atoms with E-state index in [0.717, 1.165) is 0 Å². The summed E-state index contributed by atoms with van der Waals surface area (Å²) in [5, 5.41) is 2.90. The van der Waals surface area contributed by atoms with E-state index in [0.29, 0.717) is 23.1 Å². The smallest absolute Gasteiger partial charge is 0.349 e. The number of nitrogens with one attached hydrogen (secondary N) is 1. The highest BCUT2D eigenvalue weighted by Gasteiger charge is 2.36. The van der Waals surface area contributed by atoms with E-state index in [2.05, 4.69) is 5.32 Å². The Labute approximate surface area is 122 Å². The van der Waals surface area contributed by atoms with Gasteiger partial charge in [0.25, 0.3) is 0 Å². The first-order chi connectivity index (χ1) is 9.65. The minimum Gasteiger partial charge on any atom is -0.349 e. The van der Waals surface area contributed by atoms with Crippen LogP contribution in [-0.4, -0.2) is 43.6 Å². The van der Waals surface area contributed by atoms with Crippen molar-refractivity contribution in [3.05, 3.63) is 18.0 Å². The average molecular weight is 327 g/mol. The molecule has 0 unspecified atom stereocenters. The Morgan fingerprint density at radius 3 is 2.38 bits per heavy atom. The molecule has 0 saturated carbocycles. The van der Waals surface area contributed by atoms with Gasteiger partial charge in [0.15, 0.2) is 0 Å². The third-order valence-corrected chi connectivity index (χ3v) is 4.89. The molecule has 0 aliphatic heterocycles. The molecule has 0 aromatic carbocycles. The molecule has 1 aromatic heterocycles. The lowest BCUT2D eigenvalue weighted by Gasteiger charge is -2.21. The van der Waals surface area contributed by atoms with Crippen molar-refractivity contribution in [2.24, 2.45) is 0 Å². The van der Waals surface area contributed by atoms with Gasteiger partial charge in [0.05, 0.1) is 0 Å². The monoisotopic (exact) mass is 327 g/mol. The highest BCUT2D eigenvalue weighted by molar-refractivity contribution is 7.89. The van der Waals surface area contributed by atoms with Crippen molar-refractivity contribution in [2.45, 2.75) is 38.0 Å². The molecule has 0 aliphatic carbocycles. The molecule has 9 heteroatoms. The van der Waals surface area contributed by atoms with Gasteiger partial charge in [0, 0.05) is 31.5 Å². The lowest BCUT2D eigenvalue weighted by molar-refractivity contribution is -0.135. The van der Waals surface area contributed by atoms with Gasteiger partial charge in [-0.2, -0.15) is 17.5 Å². The third-order valence-electron chi connectivity index (χ3n) is 3.01. The van der Waals surface area contributed by atoms with Crippen LogP contribution in [0.5, 0.6) is 0 Å². The normalized spacial score (nSPS) is 13.1. The standard InChI is InChI=1S/C12H20F3N3O2S/c1-4-17-8-11(6-10(17)7-16-3)21(19,20)18(5-2)9-12(13,14)15/h6,8,16H,4-5,7,9H2,1-3H3. The topological polar surface area (TPSA) is 54.3 Å². The Hall–Kier alpha value is -1.06. The van der Waals surface area contributed by atoms with E-state index >= 15 is 0 Å². The molecule has 21 heavy (non-hydrogen) atoms. The van der Waals surface area contributed by atoms with Crippen LogP contribution < -0.4 is 5.32 Å². The molecule has 1 N–H and O–H groups in total. The van der Waals surface area contributed by atoms with Crippen molar-refractivity contribution in [1.82, 2.24) is 14.2 Å². The van der Waals surface area contributed by atoms with Gasteiger partial charge in [0.2, 0.25) is 10.0 Å². The maximum atomic E-state index is 12.5. The molecular formula is C12H20F3N3O2S. The fourth-order valence-electron chi connectivity index (χ4n) is 2.01. The molecule has 0 bridgehead atoms. The molecular weight excluding hydrogens is 307 g/mol. The fourth-order valence-corrected chi connectivity index (χ4v) is 3.51.